The molecule has 0 bridgehead atoms. The summed E-state index contributed by atoms with van der Waals surface area (Å²) in [6, 6.07) is 22.2. The first-order valence-corrected chi connectivity index (χ1v) is 15.8. The average molecular weight is 552 g/mol. The molecular weight excluding hydrogens is 523 g/mol. The quantitative estimate of drug-likeness (QED) is 0.248. The molecular formula is C28H29N3O3S3. The van der Waals surface area contributed by atoms with E-state index in [0.717, 1.165) is 39.9 Å². The summed E-state index contributed by atoms with van der Waals surface area (Å²) >= 11 is 3.11. The molecule has 4 aromatic rings. The van der Waals surface area contributed by atoms with E-state index < -0.39 is 10.0 Å². The zero-order valence-electron chi connectivity index (χ0n) is 20.8. The van der Waals surface area contributed by atoms with Crippen LogP contribution in [0, 0.1) is 0 Å². The summed E-state index contributed by atoms with van der Waals surface area (Å²) in [5.74, 6) is -0.219. The Balaban J connectivity index is 1.48. The van der Waals surface area contributed by atoms with Crippen molar-refractivity contribution in [2.75, 3.05) is 17.7 Å². The number of benzene rings is 3. The highest BCUT2D eigenvalue weighted by Crippen LogP contribution is 2.35. The third-order valence-corrected chi connectivity index (χ3v) is 10.5. The maximum absolute atomic E-state index is 13.8. The number of thioether (sulfide) groups is 1. The van der Waals surface area contributed by atoms with Gasteiger partial charge in [-0.05, 0) is 68.0 Å². The molecule has 1 aliphatic heterocycles. The predicted octanol–water partition coefficient (Wildman–Crippen LogP) is 6.43. The van der Waals surface area contributed by atoms with Crippen molar-refractivity contribution in [3.8, 4) is 0 Å². The number of thiazole rings is 1. The van der Waals surface area contributed by atoms with Crippen LogP contribution in [0.4, 0.5) is 5.13 Å². The molecule has 1 fully saturated rings. The van der Waals surface area contributed by atoms with E-state index >= 15 is 0 Å². The van der Waals surface area contributed by atoms with E-state index in [1.54, 1.807) is 45.2 Å². The van der Waals surface area contributed by atoms with Crippen LogP contribution in [0.2, 0.25) is 0 Å². The Morgan fingerprint density at radius 2 is 1.81 bits per heavy atom. The fraction of sp³-hybridized carbons (Fsp3) is 0.286. The first-order chi connectivity index (χ1) is 17.9. The van der Waals surface area contributed by atoms with Crippen LogP contribution in [0.25, 0.3) is 10.2 Å². The fourth-order valence-electron chi connectivity index (χ4n) is 4.67. The van der Waals surface area contributed by atoms with Crippen molar-refractivity contribution in [1.82, 2.24) is 9.29 Å². The number of para-hydroxylation sites is 1. The zero-order valence-corrected chi connectivity index (χ0v) is 23.3. The largest absolute Gasteiger partial charge is 0.279 e. The molecule has 0 N–H and O–H groups in total. The highest BCUT2D eigenvalue weighted by atomic mass is 32.2. The van der Waals surface area contributed by atoms with E-state index in [-0.39, 0.29) is 16.8 Å². The highest BCUT2D eigenvalue weighted by Gasteiger charge is 2.31. The van der Waals surface area contributed by atoms with Crippen LogP contribution < -0.4 is 4.90 Å². The Hall–Kier alpha value is -2.72. The maximum atomic E-state index is 13.8. The summed E-state index contributed by atoms with van der Waals surface area (Å²) in [5.41, 5.74) is 2.29. The molecule has 2 heterocycles. The lowest BCUT2D eigenvalue weighted by atomic mass is 10.1. The number of fused-ring (bicyclic) bond motifs is 1. The number of anilines is 1. The molecule has 1 unspecified atom stereocenters. The zero-order chi connectivity index (χ0) is 26.0. The molecule has 9 heteroatoms. The van der Waals surface area contributed by atoms with E-state index in [0.29, 0.717) is 23.8 Å². The topological polar surface area (TPSA) is 70.6 Å². The first-order valence-electron chi connectivity index (χ1n) is 12.3. The Morgan fingerprint density at radius 1 is 1.05 bits per heavy atom. The standard InChI is InChI=1S/C28H29N3O3S3/c1-20-9-6-7-18-31(20)37(33,34)23-16-14-22(15-17-23)27(32)30(19-21-10-4-3-5-11-21)28-29-26-24(35-2)12-8-13-25(26)36-28/h3-5,8,10-17,20H,6-7,9,18-19H2,1-2H3. The van der Waals surface area contributed by atoms with Gasteiger partial charge in [-0.1, -0.05) is 54.2 Å². The van der Waals surface area contributed by atoms with Gasteiger partial charge in [0.2, 0.25) is 10.0 Å². The van der Waals surface area contributed by atoms with Gasteiger partial charge in [-0.25, -0.2) is 13.4 Å². The molecule has 1 aromatic heterocycles. The number of rotatable bonds is 7. The molecule has 3 aromatic carbocycles. The number of carbonyl (C=O) groups is 1. The Morgan fingerprint density at radius 3 is 2.51 bits per heavy atom. The van der Waals surface area contributed by atoms with Gasteiger partial charge in [-0.15, -0.1) is 11.8 Å². The lowest BCUT2D eigenvalue weighted by Crippen LogP contribution is -2.41. The van der Waals surface area contributed by atoms with Crippen LogP contribution >= 0.6 is 23.1 Å². The average Bonchev–Trinajstić information content (AvgIpc) is 3.36. The number of hydrogen-bond donors (Lipinski definition) is 0. The van der Waals surface area contributed by atoms with E-state index in [2.05, 4.69) is 0 Å². The van der Waals surface area contributed by atoms with Gasteiger partial charge in [-0.3, -0.25) is 9.69 Å². The van der Waals surface area contributed by atoms with Crippen molar-refractivity contribution in [2.45, 2.75) is 48.6 Å². The number of nitrogens with zero attached hydrogens (tertiary/aromatic N) is 3. The molecule has 0 aliphatic carbocycles. The van der Waals surface area contributed by atoms with Crippen molar-refractivity contribution in [3.63, 3.8) is 0 Å². The Bertz CT molecular complexity index is 1500. The molecule has 192 valence electrons. The van der Waals surface area contributed by atoms with Crippen molar-refractivity contribution < 1.29 is 13.2 Å². The van der Waals surface area contributed by atoms with Crippen molar-refractivity contribution in [1.29, 1.82) is 0 Å². The van der Waals surface area contributed by atoms with E-state index in [9.17, 15) is 13.2 Å². The molecule has 1 atom stereocenters. The minimum atomic E-state index is -3.60. The molecule has 0 spiro atoms. The predicted molar refractivity (Wildman–Crippen MR) is 152 cm³/mol. The summed E-state index contributed by atoms with van der Waals surface area (Å²) in [5, 5.41) is 0.615. The number of hydrogen-bond acceptors (Lipinski definition) is 6. The molecule has 0 radical (unpaired) electrons. The minimum Gasteiger partial charge on any atom is -0.279 e. The van der Waals surface area contributed by atoms with Gasteiger partial charge in [0, 0.05) is 23.0 Å². The van der Waals surface area contributed by atoms with Crippen LogP contribution in [-0.2, 0) is 16.6 Å². The second kappa shape index (κ2) is 10.9. The molecule has 1 amide bonds. The van der Waals surface area contributed by atoms with Gasteiger partial charge in [0.25, 0.3) is 5.91 Å². The number of sulfonamides is 1. The number of carbonyl (C=O) groups excluding carboxylic acids is 1. The van der Waals surface area contributed by atoms with Crippen molar-refractivity contribution >= 4 is 54.4 Å². The van der Waals surface area contributed by atoms with E-state index in [1.165, 1.54) is 11.3 Å². The second-order valence-corrected chi connectivity index (χ2v) is 12.9. The van der Waals surface area contributed by atoms with Crippen LogP contribution in [0.1, 0.15) is 42.1 Å². The van der Waals surface area contributed by atoms with Crippen LogP contribution in [0.3, 0.4) is 0 Å². The molecule has 0 saturated carbocycles. The summed E-state index contributed by atoms with van der Waals surface area (Å²) in [4.78, 5) is 21.6. The van der Waals surface area contributed by atoms with Gasteiger partial charge in [-0.2, -0.15) is 4.31 Å². The van der Waals surface area contributed by atoms with Crippen molar-refractivity contribution in [3.05, 3.63) is 83.9 Å². The molecule has 1 aliphatic rings. The fourth-order valence-corrected chi connectivity index (χ4v) is 7.99. The normalized spacial score (nSPS) is 16.6. The van der Waals surface area contributed by atoms with Gasteiger partial charge in [0.05, 0.1) is 21.7 Å². The maximum Gasteiger partial charge on any atom is 0.260 e. The number of aromatic nitrogens is 1. The van der Waals surface area contributed by atoms with Crippen LogP contribution in [0.15, 0.2) is 82.6 Å². The van der Waals surface area contributed by atoms with Crippen LogP contribution in [-0.4, -0.2) is 42.5 Å². The van der Waals surface area contributed by atoms with Crippen LogP contribution in [0.5, 0.6) is 0 Å². The summed E-state index contributed by atoms with van der Waals surface area (Å²) < 4.78 is 29.1. The lowest BCUT2D eigenvalue weighted by molar-refractivity contribution is 0.0985. The molecule has 1 saturated heterocycles. The third-order valence-electron chi connectivity index (χ3n) is 6.70. The lowest BCUT2D eigenvalue weighted by Gasteiger charge is -2.32. The highest BCUT2D eigenvalue weighted by molar-refractivity contribution is 7.98. The molecule has 5 rings (SSSR count). The van der Waals surface area contributed by atoms with E-state index in [4.69, 9.17) is 4.98 Å². The monoisotopic (exact) mass is 551 g/mol. The number of piperidine rings is 1. The first kappa shape index (κ1) is 25.9. The van der Waals surface area contributed by atoms with E-state index in [1.807, 2.05) is 61.7 Å². The van der Waals surface area contributed by atoms with Gasteiger partial charge >= 0.3 is 0 Å². The number of amides is 1. The SMILES string of the molecule is CSc1cccc2sc(N(Cc3ccccc3)C(=O)c3ccc(S(=O)(=O)N4CCCCC4C)cc3)nc12. The van der Waals surface area contributed by atoms with Crippen molar-refractivity contribution in [2.24, 2.45) is 0 Å². The molecule has 6 nitrogen and oxygen atoms in total. The van der Waals surface area contributed by atoms with Gasteiger partial charge in [0.1, 0.15) is 0 Å². The smallest absolute Gasteiger partial charge is 0.260 e. The summed E-state index contributed by atoms with van der Waals surface area (Å²) in [7, 11) is -3.60. The Labute approximate surface area is 226 Å². The summed E-state index contributed by atoms with van der Waals surface area (Å²) in [6.45, 7) is 2.85. The second-order valence-electron chi connectivity index (χ2n) is 9.17. The Kier molecular flexibility index (Phi) is 7.67. The molecule has 37 heavy (non-hydrogen) atoms. The summed E-state index contributed by atoms with van der Waals surface area (Å²) in [6.07, 6.45) is 4.79. The minimum absolute atomic E-state index is 0.0216. The van der Waals surface area contributed by atoms with Gasteiger partial charge < -0.3 is 0 Å². The third kappa shape index (κ3) is 5.31. The van der Waals surface area contributed by atoms with Gasteiger partial charge in [0.15, 0.2) is 5.13 Å².